The lowest BCUT2D eigenvalue weighted by atomic mass is 10.0. The van der Waals surface area contributed by atoms with E-state index in [4.69, 9.17) is 4.74 Å². The summed E-state index contributed by atoms with van der Waals surface area (Å²) in [6.07, 6.45) is 1.43. The standard InChI is InChI=1S/C18H30N2O/c1-15-14-20(11-8-12-21-15)17(13-19-18(2,3)4)16-9-6-5-7-10-16/h5-7,9-10,15,17,19H,8,11-14H2,1-4H3. The van der Waals surface area contributed by atoms with Crippen molar-refractivity contribution in [3.05, 3.63) is 35.9 Å². The maximum Gasteiger partial charge on any atom is 0.0674 e. The molecule has 118 valence electrons. The van der Waals surface area contributed by atoms with Gasteiger partial charge < -0.3 is 10.1 Å². The molecule has 3 heteroatoms. The fraction of sp³-hybridized carbons (Fsp3) is 0.667. The van der Waals surface area contributed by atoms with E-state index in [1.807, 2.05) is 0 Å². The molecule has 0 radical (unpaired) electrons. The molecule has 1 heterocycles. The first-order valence-corrected chi connectivity index (χ1v) is 8.11. The normalized spacial score (nSPS) is 22.8. The average molecular weight is 290 g/mol. The Morgan fingerprint density at radius 3 is 2.67 bits per heavy atom. The van der Waals surface area contributed by atoms with Crippen LogP contribution in [0.1, 0.15) is 45.7 Å². The molecular weight excluding hydrogens is 260 g/mol. The molecule has 1 aliphatic heterocycles. The van der Waals surface area contributed by atoms with Gasteiger partial charge in [0.1, 0.15) is 0 Å². The third kappa shape index (κ3) is 5.42. The van der Waals surface area contributed by atoms with E-state index in [-0.39, 0.29) is 5.54 Å². The summed E-state index contributed by atoms with van der Waals surface area (Å²) in [5.74, 6) is 0. The topological polar surface area (TPSA) is 24.5 Å². The molecule has 1 aliphatic rings. The Bertz CT molecular complexity index is 413. The average Bonchev–Trinajstić information content (AvgIpc) is 2.64. The summed E-state index contributed by atoms with van der Waals surface area (Å²) in [5.41, 5.74) is 1.53. The molecule has 1 fully saturated rings. The summed E-state index contributed by atoms with van der Waals surface area (Å²) in [5, 5.41) is 3.67. The van der Waals surface area contributed by atoms with Crippen molar-refractivity contribution in [3.63, 3.8) is 0 Å². The lowest BCUT2D eigenvalue weighted by Crippen LogP contribution is -2.44. The Morgan fingerprint density at radius 1 is 1.29 bits per heavy atom. The van der Waals surface area contributed by atoms with E-state index in [1.54, 1.807) is 0 Å². The van der Waals surface area contributed by atoms with Crippen molar-refractivity contribution in [1.82, 2.24) is 10.2 Å². The molecule has 2 rings (SSSR count). The van der Waals surface area contributed by atoms with Crippen LogP contribution in [0.15, 0.2) is 30.3 Å². The summed E-state index contributed by atoms with van der Waals surface area (Å²) in [6.45, 7) is 12.8. The predicted octanol–water partition coefficient (Wildman–Crippen LogP) is 3.23. The Balaban J connectivity index is 2.14. The van der Waals surface area contributed by atoms with Crippen molar-refractivity contribution in [1.29, 1.82) is 0 Å². The fourth-order valence-electron chi connectivity index (χ4n) is 2.85. The Morgan fingerprint density at radius 2 is 2.00 bits per heavy atom. The zero-order valence-corrected chi connectivity index (χ0v) is 13.9. The minimum atomic E-state index is 0.140. The molecule has 3 nitrogen and oxygen atoms in total. The lowest BCUT2D eigenvalue weighted by Gasteiger charge is -2.34. The van der Waals surface area contributed by atoms with Gasteiger partial charge in [-0.3, -0.25) is 4.90 Å². The van der Waals surface area contributed by atoms with Crippen LogP contribution in [0.4, 0.5) is 0 Å². The number of nitrogens with one attached hydrogen (secondary N) is 1. The highest BCUT2D eigenvalue weighted by atomic mass is 16.5. The molecule has 0 amide bonds. The SMILES string of the molecule is CC1CN(C(CNC(C)(C)C)c2ccccc2)CCCO1. The molecule has 0 saturated carbocycles. The van der Waals surface area contributed by atoms with Crippen LogP contribution in [0, 0.1) is 0 Å². The van der Waals surface area contributed by atoms with Crippen molar-refractivity contribution in [2.24, 2.45) is 0 Å². The van der Waals surface area contributed by atoms with Crippen molar-refractivity contribution in [2.45, 2.75) is 51.8 Å². The minimum absolute atomic E-state index is 0.140. The zero-order chi connectivity index (χ0) is 15.3. The molecule has 1 saturated heterocycles. The summed E-state index contributed by atoms with van der Waals surface area (Å²) in [4.78, 5) is 2.58. The number of ether oxygens (including phenoxy) is 1. The van der Waals surface area contributed by atoms with Gasteiger partial charge in [0, 0.05) is 37.8 Å². The van der Waals surface area contributed by atoms with E-state index < -0.39 is 0 Å². The van der Waals surface area contributed by atoms with Gasteiger partial charge in [-0.05, 0) is 39.7 Å². The molecule has 21 heavy (non-hydrogen) atoms. The van der Waals surface area contributed by atoms with Gasteiger partial charge in [-0.15, -0.1) is 0 Å². The number of benzene rings is 1. The lowest BCUT2D eigenvalue weighted by molar-refractivity contribution is 0.0598. The van der Waals surface area contributed by atoms with Crippen molar-refractivity contribution in [3.8, 4) is 0 Å². The van der Waals surface area contributed by atoms with E-state index in [0.29, 0.717) is 12.1 Å². The Labute approximate surface area is 129 Å². The molecular formula is C18H30N2O. The van der Waals surface area contributed by atoms with Crippen LogP contribution in [0.25, 0.3) is 0 Å². The second-order valence-corrected chi connectivity index (χ2v) is 7.09. The van der Waals surface area contributed by atoms with Gasteiger partial charge in [0.05, 0.1) is 6.10 Å². The van der Waals surface area contributed by atoms with E-state index in [0.717, 1.165) is 32.7 Å². The van der Waals surface area contributed by atoms with Crippen LogP contribution in [0.5, 0.6) is 0 Å². The van der Waals surface area contributed by atoms with E-state index >= 15 is 0 Å². The summed E-state index contributed by atoms with van der Waals surface area (Å²) < 4.78 is 5.80. The third-order valence-electron chi connectivity index (χ3n) is 3.93. The fourth-order valence-corrected chi connectivity index (χ4v) is 2.85. The van der Waals surface area contributed by atoms with E-state index in [1.165, 1.54) is 5.56 Å². The summed E-state index contributed by atoms with van der Waals surface area (Å²) >= 11 is 0. The van der Waals surface area contributed by atoms with Crippen molar-refractivity contribution in [2.75, 3.05) is 26.2 Å². The molecule has 1 aromatic rings. The first-order valence-electron chi connectivity index (χ1n) is 8.11. The highest BCUT2D eigenvalue weighted by Gasteiger charge is 2.25. The first kappa shape index (κ1) is 16.5. The van der Waals surface area contributed by atoms with Gasteiger partial charge in [-0.1, -0.05) is 30.3 Å². The Kier molecular flexibility index (Phi) is 5.80. The van der Waals surface area contributed by atoms with E-state index in [2.05, 4.69) is 68.2 Å². The van der Waals surface area contributed by atoms with Gasteiger partial charge in [0.25, 0.3) is 0 Å². The zero-order valence-electron chi connectivity index (χ0n) is 13.9. The van der Waals surface area contributed by atoms with Gasteiger partial charge in [-0.2, -0.15) is 0 Å². The highest BCUT2D eigenvalue weighted by Crippen LogP contribution is 2.23. The smallest absolute Gasteiger partial charge is 0.0674 e. The van der Waals surface area contributed by atoms with Gasteiger partial charge >= 0.3 is 0 Å². The minimum Gasteiger partial charge on any atom is -0.377 e. The second kappa shape index (κ2) is 7.39. The monoisotopic (exact) mass is 290 g/mol. The van der Waals surface area contributed by atoms with Crippen LogP contribution >= 0.6 is 0 Å². The largest absolute Gasteiger partial charge is 0.377 e. The van der Waals surface area contributed by atoms with Crippen molar-refractivity contribution < 1.29 is 4.74 Å². The number of hydrogen-bond donors (Lipinski definition) is 1. The first-order chi connectivity index (χ1) is 9.96. The van der Waals surface area contributed by atoms with Gasteiger partial charge in [-0.25, -0.2) is 0 Å². The van der Waals surface area contributed by atoms with E-state index in [9.17, 15) is 0 Å². The van der Waals surface area contributed by atoms with Gasteiger partial charge in [0.2, 0.25) is 0 Å². The molecule has 2 unspecified atom stereocenters. The number of rotatable bonds is 4. The summed E-state index contributed by atoms with van der Waals surface area (Å²) in [7, 11) is 0. The highest BCUT2D eigenvalue weighted by molar-refractivity contribution is 5.19. The number of hydrogen-bond acceptors (Lipinski definition) is 3. The third-order valence-corrected chi connectivity index (χ3v) is 3.93. The predicted molar refractivity (Wildman–Crippen MR) is 88.5 cm³/mol. The molecule has 1 aromatic carbocycles. The van der Waals surface area contributed by atoms with Crippen LogP contribution in [0.2, 0.25) is 0 Å². The van der Waals surface area contributed by atoms with Crippen LogP contribution in [-0.4, -0.2) is 42.8 Å². The van der Waals surface area contributed by atoms with Crippen molar-refractivity contribution >= 4 is 0 Å². The molecule has 0 bridgehead atoms. The molecule has 0 aromatic heterocycles. The van der Waals surface area contributed by atoms with Crippen LogP contribution in [0.3, 0.4) is 0 Å². The Hall–Kier alpha value is -0.900. The summed E-state index contributed by atoms with van der Waals surface area (Å²) in [6, 6.07) is 11.3. The molecule has 0 spiro atoms. The maximum atomic E-state index is 5.80. The van der Waals surface area contributed by atoms with Crippen LogP contribution in [-0.2, 0) is 4.74 Å². The molecule has 2 atom stereocenters. The second-order valence-electron chi connectivity index (χ2n) is 7.09. The molecule has 1 N–H and O–H groups in total. The number of nitrogens with zero attached hydrogens (tertiary/aromatic N) is 1. The van der Waals surface area contributed by atoms with Gasteiger partial charge in [0.15, 0.2) is 0 Å². The van der Waals surface area contributed by atoms with Crippen LogP contribution < -0.4 is 5.32 Å². The molecule has 0 aliphatic carbocycles. The maximum absolute atomic E-state index is 5.80. The quantitative estimate of drug-likeness (QED) is 0.921.